The standard InChI is InChI=1S/C18H28N6/c1-13(2)17-11-23-7-6-22(12-18(23)20-17)10-14(3)16-8-15-9-19-4-5-24(15)21-16/h8,11,13-14,19H,4-7,9-10,12H2,1-3H3. The summed E-state index contributed by atoms with van der Waals surface area (Å²) < 4.78 is 4.50. The van der Waals surface area contributed by atoms with Crippen molar-refractivity contribution in [1.29, 1.82) is 0 Å². The lowest BCUT2D eigenvalue weighted by Gasteiger charge is -2.29. The van der Waals surface area contributed by atoms with Crippen molar-refractivity contribution in [2.45, 2.75) is 58.8 Å². The van der Waals surface area contributed by atoms with Crippen LogP contribution in [0, 0.1) is 0 Å². The molecule has 1 unspecified atom stereocenters. The molecule has 24 heavy (non-hydrogen) atoms. The normalized spacial score (nSPS) is 19.3. The highest BCUT2D eigenvalue weighted by molar-refractivity contribution is 5.16. The lowest BCUT2D eigenvalue weighted by Crippen LogP contribution is -2.36. The van der Waals surface area contributed by atoms with Gasteiger partial charge in [0.15, 0.2) is 0 Å². The highest BCUT2D eigenvalue weighted by Crippen LogP contribution is 2.22. The van der Waals surface area contributed by atoms with E-state index in [-0.39, 0.29) is 0 Å². The van der Waals surface area contributed by atoms with Crippen LogP contribution in [0.2, 0.25) is 0 Å². The first-order valence-electron chi connectivity index (χ1n) is 9.16. The number of rotatable bonds is 4. The Bertz CT molecular complexity index is 690. The molecule has 2 aliphatic heterocycles. The second-order valence-electron chi connectivity index (χ2n) is 7.53. The Balaban J connectivity index is 1.42. The Morgan fingerprint density at radius 2 is 2.04 bits per heavy atom. The topological polar surface area (TPSA) is 50.9 Å². The summed E-state index contributed by atoms with van der Waals surface area (Å²) in [5, 5.41) is 8.23. The Morgan fingerprint density at radius 3 is 2.83 bits per heavy atom. The molecule has 0 radical (unpaired) electrons. The molecule has 0 bridgehead atoms. The molecule has 2 aromatic rings. The van der Waals surface area contributed by atoms with Gasteiger partial charge in [0, 0.05) is 44.8 Å². The zero-order valence-electron chi connectivity index (χ0n) is 15.0. The Hall–Kier alpha value is -1.66. The van der Waals surface area contributed by atoms with Crippen LogP contribution in [-0.4, -0.2) is 43.9 Å². The number of aromatic nitrogens is 4. The molecule has 0 fully saturated rings. The summed E-state index contributed by atoms with van der Waals surface area (Å²) in [6.45, 7) is 13.8. The Kier molecular flexibility index (Phi) is 4.18. The summed E-state index contributed by atoms with van der Waals surface area (Å²) in [6, 6.07) is 2.28. The highest BCUT2D eigenvalue weighted by Gasteiger charge is 2.23. The largest absolute Gasteiger partial charge is 0.332 e. The first-order valence-corrected chi connectivity index (χ1v) is 9.16. The van der Waals surface area contributed by atoms with Gasteiger partial charge < -0.3 is 9.88 Å². The van der Waals surface area contributed by atoms with E-state index in [4.69, 9.17) is 10.1 Å². The smallest absolute Gasteiger partial charge is 0.123 e. The van der Waals surface area contributed by atoms with Gasteiger partial charge in [-0.1, -0.05) is 20.8 Å². The zero-order chi connectivity index (χ0) is 16.7. The van der Waals surface area contributed by atoms with Crippen LogP contribution in [0.1, 0.15) is 55.5 Å². The number of hydrogen-bond acceptors (Lipinski definition) is 4. The van der Waals surface area contributed by atoms with Gasteiger partial charge in [-0.3, -0.25) is 9.58 Å². The van der Waals surface area contributed by atoms with E-state index in [2.05, 4.69) is 52.5 Å². The molecular weight excluding hydrogens is 300 g/mol. The van der Waals surface area contributed by atoms with Crippen LogP contribution < -0.4 is 5.32 Å². The van der Waals surface area contributed by atoms with E-state index in [1.807, 2.05) is 0 Å². The van der Waals surface area contributed by atoms with Crippen molar-refractivity contribution in [2.24, 2.45) is 0 Å². The van der Waals surface area contributed by atoms with E-state index in [9.17, 15) is 0 Å². The summed E-state index contributed by atoms with van der Waals surface area (Å²) in [5.74, 6) is 2.17. The molecule has 6 heteroatoms. The molecule has 0 aromatic carbocycles. The molecule has 0 amide bonds. The third-order valence-corrected chi connectivity index (χ3v) is 5.22. The number of nitrogens with one attached hydrogen (secondary N) is 1. The van der Waals surface area contributed by atoms with Crippen LogP contribution in [0.15, 0.2) is 12.3 Å². The quantitative estimate of drug-likeness (QED) is 0.932. The second kappa shape index (κ2) is 6.33. The minimum absolute atomic E-state index is 0.453. The van der Waals surface area contributed by atoms with Crippen molar-refractivity contribution in [1.82, 2.24) is 29.5 Å². The minimum atomic E-state index is 0.453. The van der Waals surface area contributed by atoms with Crippen LogP contribution in [0.4, 0.5) is 0 Å². The fraction of sp³-hybridized carbons (Fsp3) is 0.667. The summed E-state index contributed by atoms with van der Waals surface area (Å²) in [6.07, 6.45) is 2.23. The molecule has 6 nitrogen and oxygen atoms in total. The summed E-state index contributed by atoms with van der Waals surface area (Å²) in [5.41, 5.74) is 3.76. The lowest BCUT2D eigenvalue weighted by molar-refractivity contribution is 0.206. The third-order valence-electron chi connectivity index (χ3n) is 5.22. The third kappa shape index (κ3) is 3.00. The van der Waals surface area contributed by atoms with Gasteiger partial charge in [-0.25, -0.2) is 4.98 Å². The molecule has 2 aromatic heterocycles. The molecule has 130 valence electrons. The van der Waals surface area contributed by atoms with E-state index < -0.39 is 0 Å². The van der Waals surface area contributed by atoms with Crippen LogP contribution >= 0.6 is 0 Å². The van der Waals surface area contributed by atoms with Crippen molar-refractivity contribution >= 4 is 0 Å². The van der Waals surface area contributed by atoms with Crippen molar-refractivity contribution in [3.05, 3.63) is 35.2 Å². The maximum absolute atomic E-state index is 4.83. The average molecular weight is 328 g/mol. The fourth-order valence-electron chi connectivity index (χ4n) is 3.69. The van der Waals surface area contributed by atoms with Crippen molar-refractivity contribution in [2.75, 3.05) is 19.6 Å². The molecule has 2 aliphatic rings. The monoisotopic (exact) mass is 328 g/mol. The number of hydrogen-bond donors (Lipinski definition) is 1. The lowest BCUT2D eigenvalue weighted by atomic mass is 10.1. The number of imidazole rings is 1. The van der Waals surface area contributed by atoms with Crippen LogP contribution in [0.3, 0.4) is 0 Å². The first-order chi connectivity index (χ1) is 11.6. The van der Waals surface area contributed by atoms with Gasteiger partial charge in [0.05, 0.1) is 30.2 Å². The molecule has 4 heterocycles. The summed E-state index contributed by atoms with van der Waals surface area (Å²) in [4.78, 5) is 7.35. The summed E-state index contributed by atoms with van der Waals surface area (Å²) >= 11 is 0. The van der Waals surface area contributed by atoms with E-state index in [0.29, 0.717) is 11.8 Å². The van der Waals surface area contributed by atoms with Crippen LogP contribution in [0.5, 0.6) is 0 Å². The molecule has 1 N–H and O–H groups in total. The maximum Gasteiger partial charge on any atom is 0.123 e. The van der Waals surface area contributed by atoms with Gasteiger partial charge in [-0.15, -0.1) is 0 Å². The van der Waals surface area contributed by atoms with Gasteiger partial charge in [0.2, 0.25) is 0 Å². The van der Waals surface area contributed by atoms with Gasteiger partial charge in [-0.05, 0) is 12.0 Å². The molecule has 0 saturated heterocycles. The molecule has 0 spiro atoms. The zero-order valence-corrected chi connectivity index (χ0v) is 15.0. The first kappa shape index (κ1) is 15.8. The fourth-order valence-corrected chi connectivity index (χ4v) is 3.69. The van der Waals surface area contributed by atoms with Crippen LogP contribution in [0.25, 0.3) is 0 Å². The molecule has 4 rings (SSSR count). The van der Waals surface area contributed by atoms with Gasteiger partial charge in [0.1, 0.15) is 5.82 Å². The average Bonchev–Trinajstić information content (AvgIpc) is 3.18. The molecule has 0 saturated carbocycles. The highest BCUT2D eigenvalue weighted by atomic mass is 15.3. The van der Waals surface area contributed by atoms with E-state index in [1.54, 1.807) is 0 Å². The van der Waals surface area contributed by atoms with Gasteiger partial charge in [-0.2, -0.15) is 5.10 Å². The number of nitrogens with zero attached hydrogens (tertiary/aromatic N) is 5. The van der Waals surface area contributed by atoms with E-state index in [1.165, 1.54) is 22.9 Å². The van der Waals surface area contributed by atoms with Gasteiger partial charge in [0.25, 0.3) is 0 Å². The van der Waals surface area contributed by atoms with Crippen molar-refractivity contribution < 1.29 is 0 Å². The minimum Gasteiger partial charge on any atom is -0.332 e. The van der Waals surface area contributed by atoms with Crippen molar-refractivity contribution in [3.63, 3.8) is 0 Å². The number of fused-ring (bicyclic) bond motifs is 2. The predicted molar refractivity (Wildman–Crippen MR) is 93.9 cm³/mol. The SMILES string of the molecule is CC(C)c1cn2c(n1)CN(CC(C)c1cc3n(n1)CCNC3)CC2. The molecule has 1 atom stereocenters. The van der Waals surface area contributed by atoms with E-state index >= 15 is 0 Å². The Labute approximate surface area is 143 Å². The second-order valence-corrected chi connectivity index (χ2v) is 7.53. The van der Waals surface area contributed by atoms with Crippen molar-refractivity contribution in [3.8, 4) is 0 Å². The van der Waals surface area contributed by atoms with Gasteiger partial charge >= 0.3 is 0 Å². The summed E-state index contributed by atoms with van der Waals surface area (Å²) in [7, 11) is 0. The molecule has 0 aliphatic carbocycles. The Morgan fingerprint density at radius 1 is 1.17 bits per heavy atom. The maximum atomic E-state index is 4.83. The molecular formula is C18H28N6. The predicted octanol–water partition coefficient (Wildman–Crippen LogP) is 1.93. The van der Waals surface area contributed by atoms with E-state index in [0.717, 1.165) is 45.8 Å². The van der Waals surface area contributed by atoms with Crippen LogP contribution in [-0.2, 0) is 26.2 Å².